The molecule has 0 atom stereocenters. The van der Waals surface area contributed by atoms with Crippen molar-refractivity contribution in [2.45, 2.75) is 6.92 Å². The van der Waals surface area contributed by atoms with Crippen LogP contribution in [-0.2, 0) is 9.53 Å². The van der Waals surface area contributed by atoms with Crippen LogP contribution in [0, 0.1) is 17.0 Å². The molecular weight excluding hydrogens is 344 g/mol. The molecule has 0 spiro atoms. The Balaban J connectivity index is 1.57. The van der Waals surface area contributed by atoms with E-state index < -0.39 is 23.4 Å². The van der Waals surface area contributed by atoms with E-state index in [1.807, 2.05) is 0 Å². The molecule has 134 valence electrons. The number of hydrogen-bond acceptors (Lipinski definition) is 7. The monoisotopic (exact) mass is 358 g/mol. The summed E-state index contributed by atoms with van der Waals surface area (Å²) in [7, 11) is 0. The number of nitrogens with zero attached hydrogens (tertiary/aromatic N) is 1. The van der Waals surface area contributed by atoms with Gasteiger partial charge < -0.3 is 19.5 Å². The molecule has 1 N–H and O–H groups in total. The number of ether oxygens (including phenoxy) is 3. The van der Waals surface area contributed by atoms with Gasteiger partial charge in [0.2, 0.25) is 6.79 Å². The molecular formula is C17H14N2O7. The summed E-state index contributed by atoms with van der Waals surface area (Å²) in [5.41, 5.74) is 1.08. The van der Waals surface area contributed by atoms with Crippen molar-refractivity contribution in [1.29, 1.82) is 0 Å². The quantitative estimate of drug-likeness (QED) is 0.495. The van der Waals surface area contributed by atoms with Gasteiger partial charge in [-0.05, 0) is 36.8 Å². The van der Waals surface area contributed by atoms with Gasteiger partial charge in [-0.3, -0.25) is 14.9 Å². The molecule has 0 aromatic heterocycles. The molecule has 1 heterocycles. The van der Waals surface area contributed by atoms with Gasteiger partial charge >= 0.3 is 5.97 Å². The van der Waals surface area contributed by atoms with Gasteiger partial charge in [0.25, 0.3) is 11.6 Å². The summed E-state index contributed by atoms with van der Waals surface area (Å²) in [5, 5.41) is 13.3. The average Bonchev–Trinajstić information content (AvgIpc) is 3.09. The van der Waals surface area contributed by atoms with Crippen LogP contribution >= 0.6 is 0 Å². The van der Waals surface area contributed by atoms with Gasteiger partial charge in [-0.25, -0.2) is 4.79 Å². The molecule has 3 rings (SSSR count). The van der Waals surface area contributed by atoms with Crippen molar-refractivity contribution in [3.63, 3.8) is 0 Å². The van der Waals surface area contributed by atoms with E-state index in [2.05, 4.69) is 5.32 Å². The Hall–Kier alpha value is -3.62. The number of carbonyl (C=O) groups is 2. The van der Waals surface area contributed by atoms with Gasteiger partial charge in [0.1, 0.15) is 0 Å². The highest BCUT2D eigenvalue weighted by Gasteiger charge is 2.18. The number of amides is 1. The Kier molecular flexibility index (Phi) is 4.70. The second-order valence-electron chi connectivity index (χ2n) is 5.45. The van der Waals surface area contributed by atoms with E-state index in [0.717, 1.165) is 0 Å². The molecule has 1 aliphatic rings. The zero-order chi connectivity index (χ0) is 18.7. The lowest BCUT2D eigenvalue weighted by molar-refractivity contribution is -0.384. The lowest BCUT2D eigenvalue weighted by Crippen LogP contribution is -2.21. The highest BCUT2D eigenvalue weighted by molar-refractivity contribution is 5.96. The van der Waals surface area contributed by atoms with Crippen molar-refractivity contribution in [3.8, 4) is 11.5 Å². The second-order valence-corrected chi connectivity index (χ2v) is 5.45. The SMILES string of the molecule is Cc1cc([N+](=O)[O-])ccc1NC(=O)COC(=O)c1ccc2c(c1)OCO2. The lowest BCUT2D eigenvalue weighted by atomic mass is 10.2. The Morgan fingerprint density at radius 1 is 1.19 bits per heavy atom. The maximum Gasteiger partial charge on any atom is 0.338 e. The molecule has 2 aromatic rings. The Bertz CT molecular complexity index is 895. The van der Waals surface area contributed by atoms with Gasteiger partial charge in [0.05, 0.1) is 10.5 Å². The molecule has 1 amide bonds. The summed E-state index contributed by atoms with van der Waals surface area (Å²) in [6.45, 7) is 1.22. The summed E-state index contributed by atoms with van der Waals surface area (Å²) in [5.74, 6) is -0.270. The molecule has 0 bridgehead atoms. The number of aryl methyl sites for hydroxylation is 1. The Morgan fingerprint density at radius 3 is 2.69 bits per heavy atom. The zero-order valence-corrected chi connectivity index (χ0v) is 13.7. The molecule has 9 nitrogen and oxygen atoms in total. The number of nitro benzene ring substituents is 1. The van der Waals surface area contributed by atoms with Crippen molar-refractivity contribution >= 4 is 23.3 Å². The number of fused-ring (bicyclic) bond motifs is 1. The van der Waals surface area contributed by atoms with Crippen LogP contribution in [0.5, 0.6) is 11.5 Å². The number of esters is 1. The van der Waals surface area contributed by atoms with Crippen LogP contribution < -0.4 is 14.8 Å². The fourth-order valence-corrected chi connectivity index (χ4v) is 2.33. The molecule has 9 heteroatoms. The standard InChI is InChI=1S/C17H14N2O7/c1-10-6-12(19(22)23)3-4-13(10)18-16(20)8-24-17(21)11-2-5-14-15(7-11)26-9-25-14/h2-7H,8-9H2,1H3,(H,18,20). The van der Waals surface area contributed by atoms with Crippen LogP contribution in [0.4, 0.5) is 11.4 Å². The van der Waals surface area contributed by atoms with Gasteiger partial charge in [0.15, 0.2) is 18.1 Å². The van der Waals surface area contributed by atoms with Crippen LogP contribution in [0.3, 0.4) is 0 Å². The molecule has 2 aromatic carbocycles. The van der Waals surface area contributed by atoms with Gasteiger partial charge in [-0.15, -0.1) is 0 Å². The molecule has 0 saturated carbocycles. The van der Waals surface area contributed by atoms with Crippen molar-refractivity contribution < 1.29 is 28.7 Å². The molecule has 0 unspecified atom stereocenters. The number of carbonyl (C=O) groups excluding carboxylic acids is 2. The highest BCUT2D eigenvalue weighted by atomic mass is 16.7. The number of non-ortho nitro benzene ring substituents is 1. The third-order valence-electron chi connectivity index (χ3n) is 3.64. The van der Waals surface area contributed by atoms with Crippen molar-refractivity contribution in [3.05, 3.63) is 57.6 Å². The highest BCUT2D eigenvalue weighted by Crippen LogP contribution is 2.32. The molecule has 0 saturated heterocycles. The van der Waals surface area contributed by atoms with Crippen LogP contribution in [0.2, 0.25) is 0 Å². The van der Waals surface area contributed by atoms with Crippen molar-refractivity contribution in [2.75, 3.05) is 18.7 Å². The summed E-state index contributed by atoms with van der Waals surface area (Å²) in [6, 6.07) is 8.61. The zero-order valence-electron chi connectivity index (χ0n) is 13.7. The van der Waals surface area contributed by atoms with Gasteiger partial charge in [-0.1, -0.05) is 0 Å². The predicted molar refractivity (Wildman–Crippen MR) is 89.3 cm³/mol. The first-order valence-electron chi connectivity index (χ1n) is 7.56. The lowest BCUT2D eigenvalue weighted by Gasteiger charge is -2.09. The van der Waals surface area contributed by atoms with E-state index >= 15 is 0 Å². The average molecular weight is 358 g/mol. The van der Waals surface area contributed by atoms with E-state index in [4.69, 9.17) is 14.2 Å². The number of rotatable bonds is 5. The van der Waals surface area contributed by atoms with E-state index in [-0.39, 0.29) is 18.0 Å². The fraction of sp³-hybridized carbons (Fsp3) is 0.176. The van der Waals surface area contributed by atoms with Crippen molar-refractivity contribution in [2.24, 2.45) is 0 Å². The van der Waals surface area contributed by atoms with E-state index in [9.17, 15) is 19.7 Å². The van der Waals surface area contributed by atoms with Crippen LogP contribution in [0.15, 0.2) is 36.4 Å². The van der Waals surface area contributed by atoms with E-state index in [0.29, 0.717) is 22.7 Å². The van der Waals surface area contributed by atoms with E-state index in [1.54, 1.807) is 13.0 Å². The molecule has 0 radical (unpaired) electrons. The number of benzene rings is 2. The van der Waals surface area contributed by atoms with Gasteiger partial charge in [-0.2, -0.15) is 0 Å². The molecule has 1 aliphatic heterocycles. The minimum Gasteiger partial charge on any atom is -0.454 e. The van der Waals surface area contributed by atoms with Crippen LogP contribution in [0.25, 0.3) is 0 Å². The first kappa shape index (κ1) is 17.2. The molecule has 0 aliphatic carbocycles. The normalized spacial score (nSPS) is 11.7. The topological polar surface area (TPSA) is 117 Å². The summed E-state index contributed by atoms with van der Waals surface area (Å²) < 4.78 is 15.3. The van der Waals surface area contributed by atoms with Crippen LogP contribution in [0.1, 0.15) is 15.9 Å². The summed E-state index contributed by atoms with van der Waals surface area (Å²) in [6.07, 6.45) is 0. The number of nitro groups is 1. The predicted octanol–water partition coefficient (Wildman–Crippen LogP) is 2.43. The Morgan fingerprint density at radius 2 is 1.96 bits per heavy atom. The van der Waals surface area contributed by atoms with Crippen LogP contribution in [-0.4, -0.2) is 30.2 Å². The minimum atomic E-state index is -0.682. The smallest absolute Gasteiger partial charge is 0.338 e. The van der Waals surface area contributed by atoms with Crippen molar-refractivity contribution in [1.82, 2.24) is 0 Å². The summed E-state index contributed by atoms with van der Waals surface area (Å²) >= 11 is 0. The molecule has 26 heavy (non-hydrogen) atoms. The first-order chi connectivity index (χ1) is 12.4. The Labute approximate surface area is 147 Å². The minimum absolute atomic E-state index is 0.0743. The molecule has 0 fully saturated rings. The fourth-order valence-electron chi connectivity index (χ4n) is 2.33. The summed E-state index contributed by atoms with van der Waals surface area (Å²) in [4.78, 5) is 34.1. The number of hydrogen-bond donors (Lipinski definition) is 1. The van der Waals surface area contributed by atoms with E-state index in [1.165, 1.54) is 30.3 Å². The number of anilines is 1. The number of nitrogens with one attached hydrogen (secondary N) is 1. The third-order valence-corrected chi connectivity index (χ3v) is 3.64. The third kappa shape index (κ3) is 3.72. The first-order valence-corrected chi connectivity index (χ1v) is 7.56. The second kappa shape index (κ2) is 7.09. The maximum absolute atomic E-state index is 12.0. The maximum atomic E-state index is 12.0. The largest absolute Gasteiger partial charge is 0.454 e. The van der Waals surface area contributed by atoms with Gasteiger partial charge in [0, 0.05) is 17.8 Å².